The summed E-state index contributed by atoms with van der Waals surface area (Å²) in [5.74, 6) is 1.55. The summed E-state index contributed by atoms with van der Waals surface area (Å²) in [6.45, 7) is 9.09. The van der Waals surface area contributed by atoms with Crippen molar-refractivity contribution in [1.29, 1.82) is 0 Å². The van der Waals surface area contributed by atoms with Crippen LogP contribution in [0.1, 0.15) is 57.0 Å². The number of aryl methyl sites for hydroxylation is 1. The Morgan fingerprint density at radius 3 is 2.61 bits per heavy atom. The number of benzene rings is 1. The summed E-state index contributed by atoms with van der Waals surface area (Å²) >= 11 is 13.5. The van der Waals surface area contributed by atoms with Gasteiger partial charge in [0.15, 0.2) is 5.82 Å². The van der Waals surface area contributed by atoms with E-state index in [2.05, 4.69) is 23.8 Å². The summed E-state index contributed by atoms with van der Waals surface area (Å²) in [6, 6.07) is 7.37. The molecule has 0 radical (unpaired) electrons. The molecule has 3 aromatic heterocycles. The van der Waals surface area contributed by atoms with Gasteiger partial charge in [-0.25, -0.2) is 22.4 Å². The van der Waals surface area contributed by atoms with Crippen LogP contribution in [0, 0.1) is 0 Å². The lowest BCUT2D eigenvalue weighted by Gasteiger charge is -2.30. The predicted octanol–water partition coefficient (Wildman–Crippen LogP) is 6.67. The lowest BCUT2D eigenvalue weighted by Crippen LogP contribution is -2.38. The van der Waals surface area contributed by atoms with Crippen LogP contribution in [-0.4, -0.2) is 43.4 Å². The van der Waals surface area contributed by atoms with Gasteiger partial charge in [0, 0.05) is 49.3 Å². The summed E-state index contributed by atoms with van der Waals surface area (Å²) in [5.41, 5.74) is 4.95. The standard InChI is InChI=1S/C30H32Cl2N6O2S/c1-18(2)26-25(31)29(36(5)35-26)37-14-12-23-22(17-37)27(32)34-28(33-23)21-9-6-10-24-20(21)11-15-38(24)41(39,40)30(4)13-7-8-19(3)16-30/h6-11,13,15,18H,12,14,16-17H2,1-5H3. The molecular formula is C30H32Cl2N6O2S. The lowest BCUT2D eigenvalue weighted by atomic mass is 9.96. The Morgan fingerprint density at radius 1 is 1.12 bits per heavy atom. The first-order valence-corrected chi connectivity index (χ1v) is 15.8. The van der Waals surface area contributed by atoms with E-state index in [4.69, 9.17) is 33.2 Å². The zero-order valence-electron chi connectivity index (χ0n) is 23.7. The van der Waals surface area contributed by atoms with E-state index in [9.17, 15) is 8.42 Å². The van der Waals surface area contributed by atoms with Gasteiger partial charge in [-0.2, -0.15) is 5.10 Å². The van der Waals surface area contributed by atoms with Crippen LogP contribution in [0.5, 0.6) is 0 Å². The minimum absolute atomic E-state index is 0.213. The molecule has 11 heteroatoms. The molecule has 0 saturated carbocycles. The van der Waals surface area contributed by atoms with Crippen molar-refractivity contribution in [2.45, 2.75) is 57.7 Å². The zero-order valence-corrected chi connectivity index (χ0v) is 26.0. The number of hydrogen-bond acceptors (Lipinski definition) is 6. The third-order valence-corrected chi connectivity index (χ3v) is 11.1. The number of rotatable bonds is 5. The maximum Gasteiger partial charge on any atom is 0.248 e. The second-order valence-corrected chi connectivity index (χ2v) is 14.5. The van der Waals surface area contributed by atoms with Crippen LogP contribution in [0.3, 0.4) is 0 Å². The van der Waals surface area contributed by atoms with Crippen molar-refractivity contribution in [2.75, 3.05) is 11.4 Å². The van der Waals surface area contributed by atoms with E-state index < -0.39 is 14.8 Å². The van der Waals surface area contributed by atoms with Gasteiger partial charge in [-0.1, -0.05) is 73.0 Å². The summed E-state index contributed by atoms with van der Waals surface area (Å²) in [7, 11) is -1.84. The fourth-order valence-electron chi connectivity index (χ4n) is 5.93. The molecular weight excluding hydrogens is 579 g/mol. The molecule has 6 rings (SSSR count). The van der Waals surface area contributed by atoms with Crippen LogP contribution < -0.4 is 4.90 Å². The average molecular weight is 612 g/mol. The van der Waals surface area contributed by atoms with Gasteiger partial charge in [0.2, 0.25) is 10.0 Å². The Labute approximate surface area is 250 Å². The molecule has 0 amide bonds. The molecule has 8 nitrogen and oxygen atoms in total. The Balaban J connectivity index is 1.37. The van der Waals surface area contributed by atoms with Gasteiger partial charge in [0.05, 0.1) is 16.9 Å². The first kappa shape index (κ1) is 28.0. The van der Waals surface area contributed by atoms with Gasteiger partial charge in [-0.15, -0.1) is 0 Å². The number of halogens is 2. The van der Waals surface area contributed by atoms with E-state index in [0.29, 0.717) is 47.4 Å². The van der Waals surface area contributed by atoms with E-state index in [0.717, 1.165) is 39.3 Å². The largest absolute Gasteiger partial charge is 0.351 e. The number of aromatic nitrogens is 5. The number of anilines is 1. The molecule has 0 saturated heterocycles. The minimum atomic E-state index is -3.74. The van der Waals surface area contributed by atoms with Crippen molar-refractivity contribution in [3.8, 4) is 11.4 Å². The number of nitrogens with zero attached hydrogens (tertiary/aromatic N) is 6. The Hall–Kier alpha value is -3.14. The van der Waals surface area contributed by atoms with Crippen LogP contribution >= 0.6 is 23.2 Å². The van der Waals surface area contributed by atoms with Crippen LogP contribution in [0.4, 0.5) is 5.82 Å². The first-order valence-electron chi connectivity index (χ1n) is 13.6. The van der Waals surface area contributed by atoms with Crippen molar-refractivity contribution in [2.24, 2.45) is 7.05 Å². The molecule has 0 spiro atoms. The Bertz CT molecular complexity index is 1870. The van der Waals surface area contributed by atoms with Crippen molar-refractivity contribution in [3.05, 3.63) is 81.4 Å². The maximum atomic E-state index is 13.9. The minimum Gasteiger partial charge on any atom is -0.351 e. The lowest BCUT2D eigenvalue weighted by molar-refractivity contribution is 0.551. The third-order valence-electron chi connectivity index (χ3n) is 8.09. The topological polar surface area (TPSA) is 85.9 Å². The molecule has 1 atom stereocenters. The Kier molecular flexibility index (Phi) is 6.83. The van der Waals surface area contributed by atoms with Crippen LogP contribution in [0.2, 0.25) is 10.2 Å². The van der Waals surface area contributed by atoms with Gasteiger partial charge < -0.3 is 4.90 Å². The van der Waals surface area contributed by atoms with E-state index in [1.807, 2.05) is 55.1 Å². The second kappa shape index (κ2) is 10.00. The molecule has 4 aromatic rings. The molecule has 0 fully saturated rings. The van der Waals surface area contributed by atoms with Crippen LogP contribution in [0.25, 0.3) is 22.3 Å². The smallest absolute Gasteiger partial charge is 0.248 e. The van der Waals surface area contributed by atoms with Gasteiger partial charge >= 0.3 is 0 Å². The van der Waals surface area contributed by atoms with Crippen molar-refractivity contribution < 1.29 is 8.42 Å². The fraction of sp³-hybridized carbons (Fsp3) is 0.367. The molecule has 4 heterocycles. The molecule has 2 aliphatic rings. The van der Waals surface area contributed by atoms with E-state index in [1.165, 1.54) is 3.97 Å². The highest BCUT2D eigenvalue weighted by Gasteiger charge is 2.40. The molecule has 1 unspecified atom stereocenters. The Morgan fingerprint density at radius 2 is 1.90 bits per heavy atom. The third kappa shape index (κ3) is 4.49. The molecule has 0 N–H and O–H groups in total. The molecule has 0 bridgehead atoms. The van der Waals surface area contributed by atoms with Crippen LogP contribution in [0.15, 0.2) is 54.3 Å². The highest BCUT2D eigenvalue weighted by molar-refractivity contribution is 7.91. The highest BCUT2D eigenvalue weighted by Crippen LogP contribution is 2.38. The SMILES string of the molecule is CC1=CC=CC(C)(S(=O)(=O)n2ccc3c(-c4nc(Cl)c5c(n4)CCN(c4c(Cl)c(C(C)C)nn4C)C5)cccc32)C1. The highest BCUT2D eigenvalue weighted by atomic mass is 35.5. The van der Waals surface area contributed by atoms with Crippen molar-refractivity contribution in [3.63, 3.8) is 0 Å². The zero-order chi connectivity index (χ0) is 29.3. The van der Waals surface area contributed by atoms with Crippen molar-refractivity contribution in [1.82, 2.24) is 23.7 Å². The van der Waals surface area contributed by atoms with E-state index >= 15 is 0 Å². The summed E-state index contributed by atoms with van der Waals surface area (Å²) in [5, 5.41) is 6.42. The molecule has 1 aliphatic heterocycles. The number of fused-ring (bicyclic) bond motifs is 2. The maximum absolute atomic E-state index is 13.9. The van der Waals surface area contributed by atoms with Gasteiger partial charge in [0.1, 0.15) is 20.7 Å². The average Bonchev–Trinajstić information content (AvgIpc) is 3.49. The van der Waals surface area contributed by atoms with Gasteiger partial charge in [-0.3, -0.25) is 4.68 Å². The van der Waals surface area contributed by atoms with Gasteiger partial charge in [-0.05, 0) is 38.3 Å². The predicted molar refractivity (Wildman–Crippen MR) is 165 cm³/mol. The number of allylic oxidation sites excluding steroid dienone is 3. The summed E-state index contributed by atoms with van der Waals surface area (Å²) < 4.78 is 29.9. The van der Waals surface area contributed by atoms with E-state index in [1.54, 1.807) is 19.2 Å². The quantitative estimate of drug-likeness (QED) is 0.235. The van der Waals surface area contributed by atoms with E-state index in [-0.39, 0.29) is 5.92 Å². The van der Waals surface area contributed by atoms with Crippen molar-refractivity contribution >= 4 is 49.9 Å². The molecule has 1 aliphatic carbocycles. The van der Waals surface area contributed by atoms with Crippen LogP contribution in [-0.2, 0) is 30.0 Å². The number of hydrogen-bond donors (Lipinski definition) is 0. The summed E-state index contributed by atoms with van der Waals surface area (Å²) in [4.78, 5) is 11.8. The fourth-order valence-corrected chi connectivity index (χ4v) is 8.43. The molecule has 41 heavy (non-hydrogen) atoms. The molecule has 214 valence electrons. The van der Waals surface area contributed by atoms with Gasteiger partial charge in [0.25, 0.3) is 0 Å². The molecule has 1 aromatic carbocycles. The second-order valence-electron chi connectivity index (χ2n) is 11.5. The monoisotopic (exact) mass is 610 g/mol. The first-order chi connectivity index (χ1) is 19.4. The summed E-state index contributed by atoms with van der Waals surface area (Å²) in [6.07, 6.45) is 8.26. The normalized spacial score (nSPS) is 19.2.